The van der Waals surface area contributed by atoms with Crippen LogP contribution in [0.2, 0.25) is 0 Å². The van der Waals surface area contributed by atoms with Crippen LogP contribution in [0.4, 0.5) is 0 Å². The van der Waals surface area contributed by atoms with Gasteiger partial charge in [-0.1, -0.05) is 0 Å². The highest BCUT2D eigenvalue weighted by Gasteiger charge is 2.44. The van der Waals surface area contributed by atoms with E-state index in [1.165, 1.54) is 12.8 Å². The zero-order valence-electron chi connectivity index (χ0n) is 13.5. The number of hydrogen-bond donors (Lipinski definition) is 1. The number of carbonyl (C=O) groups excluding carboxylic acids is 1. The summed E-state index contributed by atoms with van der Waals surface area (Å²) in [6.07, 6.45) is 7.48. The molecule has 1 aromatic rings. The summed E-state index contributed by atoms with van der Waals surface area (Å²) in [5, 5.41) is 10.6. The minimum absolute atomic E-state index is 0.0831. The van der Waals surface area contributed by atoms with Gasteiger partial charge in [-0.15, -0.1) is 0 Å². The van der Waals surface area contributed by atoms with Crippen LogP contribution in [0.25, 0.3) is 0 Å². The zero-order chi connectivity index (χ0) is 15.8. The number of aliphatic hydroxyl groups excluding tert-OH is 1. The van der Waals surface area contributed by atoms with Crippen LogP contribution < -0.4 is 0 Å². The summed E-state index contributed by atoms with van der Waals surface area (Å²) in [5.41, 5.74) is 0.669. The summed E-state index contributed by atoms with van der Waals surface area (Å²) < 4.78 is 0. The third-order valence-corrected chi connectivity index (χ3v) is 5.91. The molecule has 1 saturated carbocycles. The van der Waals surface area contributed by atoms with Crippen molar-refractivity contribution < 1.29 is 9.90 Å². The van der Waals surface area contributed by atoms with Gasteiger partial charge in [0.05, 0.1) is 11.7 Å². The average molecular weight is 315 g/mol. The second-order valence-electron chi connectivity index (χ2n) is 7.32. The molecule has 3 aliphatic rings. The largest absolute Gasteiger partial charge is 0.391 e. The minimum atomic E-state index is -0.234. The van der Waals surface area contributed by atoms with Gasteiger partial charge in [0, 0.05) is 31.5 Å². The van der Waals surface area contributed by atoms with Gasteiger partial charge in [0.15, 0.2) is 0 Å². The standard InChI is InChI=1S/C18H25N3O2/c22-17-9-15-12-21(18(23)13-4-3-5-19-10-13)11-14(15)8-16(17)20-6-1-2-7-20/h3-5,10,14-17,22H,1-2,6-9,11-12H2/t14-,15+,16-,17-/m1/s1. The van der Waals surface area contributed by atoms with Gasteiger partial charge >= 0.3 is 0 Å². The fourth-order valence-electron chi connectivity index (χ4n) is 4.71. The van der Waals surface area contributed by atoms with Crippen molar-refractivity contribution in [3.8, 4) is 0 Å². The molecule has 3 fully saturated rings. The number of rotatable bonds is 2. The third kappa shape index (κ3) is 2.88. The van der Waals surface area contributed by atoms with E-state index in [4.69, 9.17) is 0 Å². The zero-order valence-corrected chi connectivity index (χ0v) is 13.5. The number of aliphatic hydroxyl groups is 1. The number of amides is 1. The molecular weight excluding hydrogens is 290 g/mol. The SMILES string of the molecule is O=C(c1cccnc1)N1C[C@H]2C[C@@H](N3CCCC3)[C@H](O)C[C@H]2C1. The molecule has 1 aliphatic carbocycles. The first kappa shape index (κ1) is 15.1. The van der Waals surface area contributed by atoms with E-state index < -0.39 is 0 Å². The molecular formula is C18H25N3O2. The monoisotopic (exact) mass is 315 g/mol. The molecule has 5 nitrogen and oxygen atoms in total. The normalized spacial score (nSPS) is 34.6. The van der Waals surface area contributed by atoms with Gasteiger partial charge in [-0.2, -0.15) is 0 Å². The highest BCUT2D eigenvalue weighted by molar-refractivity contribution is 5.94. The van der Waals surface area contributed by atoms with Crippen molar-refractivity contribution in [3.05, 3.63) is 30.1 Å². The van der Waals surface area contributed by atoms with E-state index >= 15 is 0 Å². The first-order chi connectivity index (χ1) is 11.2. The fourth-order valence-corrected chi connectivity index (χ4v) is 4.71. The number of pyridine rings is 1. The van der Waals surface area contributed by atoms with Crippen LogP contribution in [0.1, 0.15) is 36.0 Å². The second kappa shape index (κ2) is 6.21. The quantitative estimate of drug-likeness (QED) is 0.896. The molecule has 5 heteroatoms. The van der Waals surface area contributed by atoms with Gasteiger partial charge < -0.3 is 10.0 Å². The third-order valence-electron chi connectivity index (χ3n) is 5.91. The Morgan fingerprint density at radius 3 is 2.61 bits per heavy atom. The van der Waals surface area contributed by atoms with Gasteiger partial charge in [0.2, 0.25) is 0 Å². The Balaban J connectivity index is 1.44. The molecule has 1 aromatic heterocycles. The molecule has 1 N–H and O–H groups in total. The molecule has 0 aromatic carbocycles. The van der Waals surface area contributed by atoms with Gasteiger partial charge in [-0.25, -0.2) is 0 Å². The number of carbonyl (C=O) groups is 1. The maximum absolute atomic E-state index is 12.6. The van der Waals surface area contributed by atoms with E-state index in [1.807, 2.05) is 17.0 Å². The summed E-state index contributed by atoms with van der Waals surface area (Å²) in [6, 6.07) is 3.94. The number of fused-ring (bicyclic) bond motifs is 1. The van der Waals surface area contributed by atoms with Gasteiger partial charge in [0.1, 0.15) is 0 Å². The lowest BCUT2D eigenvalue weighted by Gasteiger charge is -2.40. The highest BCUT2D eigenvalue weighted by Crippen LogP contribution is 2.39. The Morgan fingerprint density at radius 1 is 1.17 bits per heavy atom. The Morgan fingerprint density at radius 2 is 1.91 bits per heavy atom. The Hall–Kier alpha value is -1.46. The van der Waals surface area contributed by atoms with Crippen molar-refractivity contribution in [2.75, 3.05) is 26.2 Å². The summed E-state index contributed by atoms with van der Waals surface area (Å²) in [4.78, 5) is 21.1. The molecule has 0 unspecified atom stereocenters. The molecule has 0 spiro atoms. The second-order valence-corrected chi connectivity index (χ2v) is 7.32. The number of likely N-dealkylation sites (tertiary alicyclic amines) is 2. The van der Waals surface area contributed by atoms with Crippen LogP contribution >= 0.6 is 0 Å². The van der Waals surface area contributed by atoms with E-state index in [2.05, 4.69) is 9.88 Å². The van der Waals surface area contributed by atoms with Crippen molar-refractivity contribution in [2.24, 2.45) is 11.8 Å². The van der Waals surface area contributed by atoms with Crippen molar-refractivity contribution in [1.82, 2.24) is 14.8 Å². The number of nitrogens with zero attached hydrogens (tertiary/aromatic N) is 3. The van der Waals surface area contributed by atoms with Crippen LogP contribution in [-0.2, 0) is 0 Å². The number of aromatic nitrogens is 1. The minimum Gasteiger partial charge on any atom is -0.391 e. The Bertz CT molecular complexity index is 559. The molecule has 2 aliphatic heterocycles. The van der Waals surface area contributed by atoms with E-state index in [0.29, 0.717) is 23.4 Å². The summed E-state index contributed by atoms with van der Waals surface area (Å²) in [7, 11) is 0. The predicted molar refractivity (Wildman–Crippen MR) is 87.0 cm³/mol. The predicted octanol–water partition coefficient (Wildman–Crippen LogP) is 1.39. The van der Waals surface area contributed by atoms with Crippen molar-refractivity contribution in [2.45, 2.75) is 37.8 Å². The van der Waals surface area contributed by atoms with Crippen molar-refractivity contribution in [3.63, 3.8) is 0 Å². The van der Waals surface area contributed by atoms with Crippen molar-refractivity contribution in [1.29, 1.82) is 0 Å². The molecule has 3 heterocycles. The lowest BCUT2D eigenvalue weighted by molar-refractivity contribution is -0.000864. The van der Waals surface area contributed by atoms with Crippen LogP contribution in [0, 0.1) is 11.8 Å². The van der Waals surface area contributed by atoms with Crippen LogP contribution in [0.5, 0.6) is 0 Å². The molecule has 0 radical (unpaired) electrons. The van der Waals surface area contributed by atoms with Gasteiger partial charge in [0.25, 0.3) is 5.91 Å². The first-order valence-electron chi connectivity index (χ1n) is 8.84. The van der Waals surface area contributed by atoms with E-state index in [0.717, 1.165) is 39.0 Å². The van der Waals surface area contributed by atoms with E-state index in [9.17, 15) is 9.90 Å². The molecule has 4 atom stereocenters. The van der Waals surface area contributed by atoms with E-state index in [-0.39, 0.29) is 12.0 Å². The highest BCUT2D eigenvalue weighted by atomic mass is 16.3. The number of hydrogen-bond acceptors (Lipinski definition) is 4. The lowest BCUT2D eigenvalue weighted by Crippen LogP contribution is -2.48. The average Bonchev–Trinajstić information content (AvgIpc) is 3.23. The molecule has 23 heavy (non-hydrogen) atoms. The molecule has 0 bridgehead atoms. The molecule has 4 rings (SSSR count). The molecule has 2 saturated heterocycles. The van der Waals surface area contributed by atoms with Crippen molar-refractivity contribution >= 4 is 5.91 Å². The van der Waals surface area contributed by atoms with Crippen LogP contribution in [0.3, 0.4) is 0 Å². The Labute approximate surface area is 137 Å². The first-order valence-corrected chi connectivity index (χ1v) is 8.84. The fraction of sp³-hybridized carbons (Fsp3) is 0.667. The lowest BCUT2D eigenvalue weighted by atomic mass is 9.77. The molecule has 1 amide bonds. The van der Waals surface area contributed by atoms with Crippen LogP contribution in [-0.4, -0.2) is 64.1 Å². The van der Waals surface area contributed by atoms with Gasteiger partial charge in [-0.3, -0.25) is 14.7 Å². The smallest absolute Gasteiger partial charge is 0.255 e. The maximum atomic E-state index is 12.6. The maximum Gasteiger partial charge on any atom is 0.255 e. The van der Waals surface area contributed by atoms with Crippen LogP contribution in [0.15, 0.2) is 24.5 Å². The summed E-state index contributed by atoms with van der Waals surface area (Å²) in [6.45, 7) is 3.85. The topological polar surface area (TPSA) is 56.7 Å². The van der Waals surface area contributed by atoms with Gasteiger partial charge in [-0.05, 0) is 62.7 Å². The summed E-state index contributed by atoms with van der Waals surface area (Å²) >= 11 is 0. The molecule has 124 valence electrons. The summed E-state index contributed by atoms with van der Waals surface area (Å²) in [5.74, 6) is 1.06. The Kier molecular flexibility index (Phi) is 4.07. The van der Waals surface area contributed by atoms with E-state index in [1.54, 1.807) is 12.4 Å².